The molecule has 6 atom stereocenters. The van der Waals surface area contributed by atoms with Crippen molar-refractivity contribution in [1.29, 1.82) is 0 Å². The second-order valence-corrected chi connectivity index (χ2v) is 17.6. The van der Waals surface area contributed by atoms with E-state index >= 15 is 0 Å². The van der Waals surface area contributed by atoms with Crippen molar-refractivity contribution in [2.24, 2.45) is 0 Å². The van der Waals surface area contributed by atoms with E-state index in [1.54, 1.807) is 0 Å². The van der Waals surface area contributed by atoms with Crippen molar-refractivity contribution in [1.82, 2.24) is 0 Å². The lowest BCUT2D eigenvalue weighted by atomic mass is 9.99. The van der Waals surface area contributed by atoms with E-state index in [0.29, 0.717) is 6.42 Å². The molecule has 0 aliphatic carbocycles. The number of carbonyl (C=O) groups excluding carboxylic acids is 2. The van der Waals surface area contributed by atoms with Gasteiger partial charge in [0.15, 0.2) is 12.4 Å². The Morgan fingerprint density at radius 3 is 1.32 bits per heavy atom. The fourth-order valence-corrected chi connectivity index (χ4v) is 7.89. The van der Waals surface area contributed by atoms with Crippen LogP contribution in [0.1, 0.15) is 239 Å². The van der Waals surface area contributed by atoms with Crippen LogP contribution in [0.3, 0.4) is 0 Å². The molecular weight excluding hydrogens is 761 g/mol. The molecule has 0 spiro atoms. The molecule has 1 aliphatic rings. The van der Waals surface area contributed by atoms with Crippen LogP contribution in [0.2, 0.25) is 0 Å². The highest BCUT2D eigenvalue weighted by Crippen LogP contribution is 2.23. The van der Waals surface area contributed by atoms with Crippen LogP contribution < -0.4 is 0 Å². The van der Waals surface area contributed by atoms with E-state index in [-0.39, 0.29) is 32.0 Å². The number of hydrogen-bond acceptors (Lipinski definition) is 10. The predicted octanol–water partition coefficient (Wildman–Crippen LogP) is 11.5. The molecule has 0 amide bonds. The molecule has 60 heavy (non-hydrogen) atoms. The Balaban J connectivity index is 2.22. The van der Waals surface area contributed by atoms with Crippen LogP contribution >= 0.6 is 0 Å². The quantitative estimate of drug-likeness (QED) is 0.0265. The van der Waals surface area contributed by atoms with Gasteiger partial charge in [0.05, 0.1) is 13.2 Å². The first kappa shape index (κ1) is 56.5. The summed E-state index contributed by atoms with van der Waals surface area (Å²) < 4.78 is 22.2. The summed E-state index contributed by atoms with van der Waals surface area (Å²) in [6, 6.07) is 0. The molecule has 0 saturated carbocycles. The molecule has 1 aliphatic heterocycles. The zero-order chi connectivity index (χ0) is 43.7. The third kappa shape index (κ3) is 32.2. The molecule has 0 aromatic carbocycles. The Morgan fingerprint density at radius 1 is 0.500 bits per heavy atom. The molecule has 1 heterocycles. The number of esters is 2. The Labute approximate surface area is 367 Å². The van der Waals surface area contributed by atoms with E-state index in [2.05, 4.69) is 26.0 Å². The van der Waals surface area contributed by atoms with Crippen molar-refractivity contribution >= 4 is 11.9 Å². The minimum Gasteiger partial charge on any atom is -0.462 e. The number of unbranched alkanes of at least 4 members (excludes halogenated alkanes) is 30. The smallest absolute Gasteiger partial charge is 0.306 e. The van der Waals surface area contributed by atoms with Crippen LogP contribution in [0, 0.1) is 0 Å². The lowest BCUT2D eigenvalue weighted by Crippen LogP contribution is -2.59. The topological polar surface area (TPSA) is 152 Å². The lowest BCUT2D eigenvalue weighted by molar-refractivity contribution is -0.305. The van der Waals surface area contributed by atoms with Crippen LogP contribution in [0.4, 0.5) is 0 Å². The highest BCUT2D eigenvalue weighted by atomic mass is 16.7. The van der Waals surface area contributed by atoms with Gasteiger partial charge in [-0.1, -0.05) is 199 Å². The molecule has 10 heteroatoms. The van der Waals surface area contributed by atoms with Crippen LogP contribution in [0.15, 0.2) is 12.2 Å². The van der Waals surface area contributed by atoms with E-state index in [9.17, 15) is 30.0 Å². The Bertz CT molecular complexity index is 990. The maximum Gasteiger partial charge on any atom is 0.306 e. The van der Waals surface area contributed by atoms with Crippen LogP contribution in [0.5, 0.6) is 0 Å². The Kier molecular flexibility index (Phi) is 39.0. The van der Waals surface area contributed by atoms with E-state index in [0.717, 1.165) is 57.8 Å². The normalized spacial score (nSPS) is 19.9. The highest BCUT2D eigenvalue weighted by Gasteiger charge is 2.44. The van der Waals surface area contributed by atoms with E-state index in [1.165, 1.54) is 148 Å². The van der Waals surface area contributed by atoms with Crippen molar-refractivity contribution in [3.8, 4) is 0 Å². The molecule has 1 saturated heterocycles. The van der Waals surface area contributed by atoms with Gasteiger partial charge in [0.25, 0.3) is 0 Å². The van der Waals surface area contributed by atoms with E-state index < -0.39 is 49.4 Å². The number of aliphatic hydroxyl groups is 4. The molecule has 1 rings (SSSR count). The summed E-state index contributed by atoms with van der Waals surface area (Å²) in [5, 5.41) is 40.1. The van der Waals surface area contributed by atoms with Gasteiger partial charge < -0.3 is 39.4 Å². The first-order valence-corrected chi connectivity index (χ1v) is 25.3. The van der Waals surface area contributed by atoms with Gasteiger partial charge >= 0.3 is 11.9 Å². The minimum atomic E-state index is -1.59. The summed E-state index contributed by atoms with van der Waals surface area (Å²) in [4.78, 5) is 25.4. The maximum atomic E-state index is 12.8. The summed E-state index contributed by atoms with van der Waals surface area (Å²) >= 11 is 0. The molecule has 0 bridgehead atoms. The van der Waals surface area contributed by atoms with E-state index in [1.807, 2.05) is 0 Å². The number of hydrogen-bond donors (Lipinski definition) is 4. The van der Waals surface area contributed by atoms with Gasteiger partial charge in [-0.05, 0) is 38.5 Å². The number of aliphatic hydroxyl groups excluding tert-OH is 4. The van der Waals surface area contributed by atoms with E-state index in [4.69, 9.17) is 18.9 Å². The number of rotatable bonds is 43. The average Bonchev–Trinajstić information content (AvgIpc) is 3.25. The van der Waals surface area contributed by atoms with Gasteiger partial charge in [-0.3, -0.25) is 9.59 Å². The van der Waals surface area contributed by atoms with Crippen molar-refractivity contribution < 1.29 is 49.0 Å². The van der Waals surface area contributed by atoms with Crippen molar-refractivity contribution in [3.63, 3.8) is 0 Å². The van der Waals surface area contributed by atoms with Crippen molar-refractivity contribution in [3.05, 3.63) is 12.2 Å². The van der Waals surface area contributed by atoms with Gasteiger partial charge in [0.1, 0.15) is 31.0 Å². The average molecular weight is 855 g/mol. The standard InChI is InChI=1S/C50H94O10/c1-3-5-7-9-11-13-15-17-18-19-20-21-22-23-24-25-27-28-30-32-34-36-38-45(52)57-41-43(42-58-50-49(56)48(55)47(54)44(40-51)60-50)59-46(53)39-37-35-33-31-29-26-16-14-12-10-8-6-4-2/h14,16,43-44,47-51,54-56H,3-13,15,17-42H2,1-2H3/b16-14-. The Morgan fingerprint density at radius 2 is 0.883 bits per heavy atom. The van der Waals surface area contributed by atoms with Gasteiger partial charge in [0, 0.05) is 12.8 Å². The molecule has 0 aromatic heterocycles. The first-order valence-electron chi connectivity index (χ1n) is 25.3. The fourth-order valence-electron chi connectivity index (χ4n) is 7.89. The summed E-state index contributed by atoms with van der Waals surface area (Å²) in [5.74, 6) is -0.803. The number of ether oxygens (including phenoxy) is 4. The van der Waals surface area contributed by atoms with Crippen LogP contribution in [-0.4, -0.2) is 89.0 Å². The van der Waals surface area contributed by atoms with Gasteiger partial charge in [-0.15, -0.1) is 0 Å². The van der Waals surface area contributed by atoms with Crippen LogP contribution in [0.25, 0.3) is 0 Å². The molecular formula is C50H94O10. The SMILES string of the molecule is CCCCCC/C=C\CCCCCCCC(=O)OC(COC(=O)CCCCCCCCCCCCCCCCCCCCCCCC)COC1OC(CO)C(O)C(O)C1O. The summed E-state index contributed by atoms with van der Waals surface area (Å²) in [5.41, 5.74) is 0. The second kappa shape index (κ2) is 41.5. The number of carbonyl (C=O) groups is 2. The third-order valence-corrected chi connectivity index (χ3v) is 11.9. The van der Waals surface area contributed by atoms with Gasteiger partial charge in [0.2, 0.25) is 0 Å². The molecule has 10 nitrogen and oxygen atoms in total. The predicted molar refractivity (Wildman–Crippen MR) is 243 cm³/mol. The molecule has 4 N–H and O–H groups in total. The zero-order valence-electron chi connectivity index (χ0n) is 38.7. The highest BCUT2D eigenvalue weighted by molar-refractivity contribution is 5.70. The van der Waals surface area contributed by atoms with Crippen LogP contribution in [-0.2, 0) is 28.5 Å². The van der Waals surface area contributed by atoms with Gasteiger partial charge in [-0.2, -0.15) is 0 Å². The number of allylic oxidation sites excluding steroid dienone is 2. The molecule has 0 aromatic rings. The Hall–Kier alpha value is -1.56. The van der Waals surface area contributed by atoms with Gasteiger partial charge in [-0.25, -0.2) is 0 Å². The fraction of sp³-hybridized carbons (Fsp3) is 0.920. The minimum absolute atomic E-state index is 0.215. The molecule has 6 unspecified atom stereocenters. The summed E-state index contributed by atoms with van der Waals surface area (Å²) in [6.07, 6.45) is 38.0. The molecule has 354 valence electrons. The second-order valence-electron chi connectivity index (χ2n) is 17.6. The monoisotopic (exact) mass is 855 g/mol. The zero-order valence-corrected chi connectivity index (χ0v) is 38.7. The van der Waals surface area contributed by atoms with Crippen molar-refractivity contribution in [2.75, 3.05) is 19.8 Å². The summed E-state index contributed by atoms with van der Waals surface area (Å²) in [6.45, 7) is 3.44. The summed E-state index contributed by atoms with van der Waals surface area (Å²) in [7, 11) is 0. The maximum absolute atomic E-state index is 12.8. The molecule has 0 radical (unpaired) electrons. The first-order chi connectivity index (χ1) is 29.3. The third-order valence-electron chi connectivity index (χ3n) is 11.9. The van der Waals surface area contributed by atoms with Crippen molar-refractivity contribution in [2.45, 2.75) is 275 Å². The lowest BCUT2D eigenvalue weighted by Gasteiger charge is -2.39. The molecule has 1 fully saturated rings. The largest absolute Gasteiger partial charge is 0.462 e.